The highest BCUT2D eigenvalue weighted by atomic mass is 16.3. The van der Waals surface area contributed by atoms with Gasteiger partial charge in [0.15, 0.2) is 0 Å². The van der Waals surface area contributed by atoms with Crippen molar-refractivity contribution in [1.29, 1.82) is 0 Å². The molecule has 0 saturated carbocycles. The van der Waals surface area contributed by atoms with Gasteiger partial charge in [0.2, 0.25) is 0 Å². The Labute approximate surface area is 154 Å². The first kappa shape index (κ1) is 18.2. The van der Waals surface area contributed by atoms with E-state index in [9.17, 15) is 9.59 Å². The number of anilines is 1. The number of piperidine rings is 1. The van der Waals surface area contributed by atoms with Crippen LogP contribution in [0.15, 0.2) is 28.7 Å². The van der Waals surface area contributed by atoms with Crippen molar-refractivity contribution in [2.24, 2.45) is 5.92 Å². The van der Waals surface area contributed by atoms with Gasteiger partial charge in [-0.2, -0.15) is 0 Å². The largest absolute Gasteiger partial charge is 0.466 e. The van der Waals surface area contributed by atoms with Gasteiger partial charge in [-0.1, -0.05) is 6.92 Å². The maximum absolute atomic E-state index is 12.6. The maximum atomic E-state index is 12.6. The van der Waals surface area contributed by atoms with Gasteiger partial charge in [0.25, 0.3) is 11.8 Å². The lowest BCUT2D eigenvalue weighted by molar-refractivity contribution is 0.0697. The number of aryl methyl sites for hydroxylation is 2. The summed E-state index contributed by atoms with van der Waals surface area (Å²) in [5, 5.41) is 2.88. The minimum atomic E-state index is -0.194. The molecule has 5 nitrogen and oxygen atoms in total. The van der Waals surface area contributed by atoms with Crippen LogP contribution in [0.25, 0.3) is 0 Å². The molecule has 1 aromatic heterocycles. The molecule has 0 bridgehead atoms. The Morgan fingerprint density at radius 3 is 2.19 bits per heavy atom. The Morgan fingerprint density at radius 2 is 1.65 bits per heavy atom. The molecule has 0 unspecified atom stereocenters. The summed E-state index contributed by atoms with van der Waals surface area (Å²) < 4.78 is 5.52. The van der Waals surface area contributed by atoms with Crippen LogP contribution in [-0.4, -0.2) is 29.8 Å². The molecule has 138 valence electrons. The number of nitrogens with zero attached hydrogens (tertiary/aromatic N) is 1. The van der Waals surface area contributed by atoms with Crippen molar-refractivity contribution in [3.8, 4) is 0 Å². The van der Waals surface area contributed by atoms with Crippen LogP contribution < -0.4 is 5.32 Å². The van der Waals surface area contributed by atoms with Crippen LogP contribution >= 0.6 is 0 Å². The average Bonchev–Trinajstić information content (AvgIpc) is 2.88. The van der Waals surface area contributed by atoms with E-state index in [0.717, 1.165) is 37.3 Å². The quantitative estimate of drug-likeness (QED) is 0.892. The molecule has 1 N–H and O–H groups in total. The van der Waals surface area contributed by atoms with Crippen LogP contribution in [0, 0.1) is 26.7 Å². The zero-order valence-corrected chi connectivity index (χ0v) is 15.9. The number of hydrogen-bond acceptors (Lipinski definition) is 3. The third-order valence-corrected chi connectivity index (χ3v) is 5.25. The summed E-state index contributed by atoms with van der Waals surface area (Å²) in [5.74, 6) is 1.93. The number of carbonyl (C=O) groups excluding carboxylic acids is 2. The predicted octanol–water partition coefficient (Wildman–Crippen LogP) is 4.33. The standard InChI is InChI=1S/C21H26N2O3/c1-13-9-11-23(12-10-13)21(25)17-5-7-18(8-6-17)22-20(24)19-14(2)15(3)26-16(19)4/h5-8,13H,9-12H2,1-4H3,(H,22,24). The smallest absolute Gasteiger partial charge is 0.259 e. The second kappa shape index (κ2) is 7.36. The topological polar surface area (TPSA) is 62.6 Å². The summed E-state index contributed by atoms with van der Waals surface area (Å²) in [6, 6.07) is 7.09. The molecule has 1 aliphatic heterocycles. The maximum Gasteiger partial charge on any atom is 0.259 e. The molecule has 1 aliphatic rings. The molecular weight excluding hydrogens is 328 g/mol. The van der Waals surface area contributed by atoms with Crippen LogP contribution in [0.3, 0.4) is 0 Å². The molecule has 0 radical (unpaired) electrons. The molecule has 0 atom stereocenters. The van der Waals surface area contributed by atoms with Crippen molar-refractivity contribution in [2.75, 3.05) is 18.4 Å². The highest BCUT2D eigenvalue weighted by Crippen LogP contribution is 2.23. The SMILES string of the molecule is Cc1oc(C)c(C(=O)Nc2ccc(C(=O)N3CCC(C)CC3)cc2)c1C. The Hall–Kier alpha value is -2.56. The van der Waals surface area contributed by atoms with E-state index in [0.29, 0.717) is 28.5 Å². The molecule has 0 aliphatic carbocycles. The van der Waals surface area contributed by atoms with E-state index < -0.39 is 0 Å². The summed E-state index contributed by atoms with van der Waals surface area (Å²) in [4.78, 5) is 27.0. The molecule has 2 heterocycles. The Kier molecular flexibility index (Phi) is 5.16. The van der Waals surface area contributed by atoms with Gasteiger partial charge in [-0.15, -0.1) is 0 Å². The number of amides is 2. The minimum absolute atomic E-state index is 0.0620. The third kappa shape index (κ3) is 3.66. The predicted molar refractivity (Wildman–Crippen MR) is 102 cm³/mol. The minimum Gasteiger partial charge on any atom is -0.466 e. The summed E-state index contributed by atoms with van der Waals surface area (Å²) in [6.07, 6.45) is 2.12. The van der Waals surface area contributed by atoms with Crippen LogP contribution in [-0.2, 0) is 0 Å². The number of benzene rings is 1. The van der Waals surface area contributed by atoms with Crippen molar-refractivity contribution in [2.45, 2.75) is 40.5 Å². The number of likely N-dealkylation sites (tertiary alicyclic amines) is 1. The van der Waals surface area contributed by atoms with E-state index in [4.69, 9.17) is 4.42 Å². The molecule has 0 spiro atoms. The molecule has 1 aromatic carbocycles. The van der Waals surface area contributed by atoms with Gasteiger partial charge in [-0.3, -0.25) is 9.59 Å². The summed E-state index contributed by atoms with van der Waals surface area (Å²) in [7, 11) is 0. The van der Waals surface area contributed by atoms with E-state index in [-0.39, 0.29) is 11.8 Å². The van der Waals surface area contributed by atoms with E-state index in [1.807, 2.05) is 18.7 Å². The first-order chi connectivity index (χ1) is 12.4. The van der Waals surface area contributed by atoms with E-state index in [2.05, 4.69) is 12.2 Å². The fraction of sp³-hybridized carbons (Fsp3) is 0.429. The van der Waals surface area contributed by atoms with E-state index in [1.54, 1.807) is 31.2 Å². The molecule has 2 aromatic rings. The van der Waals surface area contributed by atoms with Gasteiger partial charge in [0.05, 0.1) is 5.56 Å². The molecule has 1 saturated heterocycles. The van der Waals surface area contributed by atoms with Gasteiger partial charge < -0.3 is 14.6 Å². The summed E-state index contributed by atoms with van der Waals surface area (Å²) >= 11 is 0. The third-order valence-electron chi connectivity index (χ3n) is 5.25. The molecule has 3 rings (SSSR count). The van der Waals surface area contributed by atoms with Crippen LogP contribution in [0.5, 0.6) is 0 Å². The Morgan fingerprint density at radius 1 is 1.04 bits per heavy atom. The molecule has 5 heteroatoms. The number of furan rings is 1. The fourth-order valence-corrected chi connectivity index (χ4v) is 3.41. The van der Waals surface area contributed by atoms with Crippen molar-refractivity contribution < 1.29 is 14.0 Å². The van der Waals surface area contributed by atoms with E-state index >= 15 is 0 Å². The zero-order valence-electron chi connectivity index (χ0n) is 15.9. The lowest BCUT2D eigenvalue weighted by Gasteiger charge is -2.30. The van der Waals surface area contributed by atoms with E-state index in [1.165, 1.54) is 0 Å². The van der Waals surface area contributed by atoms with Crippen molar-refractivity contribution in [1.82, 2.24) is 4.90 Å². The van der Waals surface area contributed by atoms with Gasteiger partial charge in [0.1, 0.15) is 11.5 Å². The first-order valence-corrected chi connectivity index (χ1v) is 9.14. The van der Waals surface area contributed by atoms with Crippen LogP contribution in [0.2, 0.25) is 0 Å². The zero-order chi connectivity index (χ0) is 18.8. The van der Waals surface area contributed by atoms with Crippen LogP contribution in [0.1, 0.15) is 57.6 Å². The van der Waals surface area contributed by atoms with Gasteiger partial charge in [0, 0.05) is 29.9 Å². The average molecular weight is 354 g/mol. The highest BCUT2D eigenvalue weighted by Gasteiger charge is 2.22. The van der Waals surface area contributed by atoms with Crippen molar-refractivity contribution in [3.05, 3.63) is 52.5 Å². The second-order valence-electron chi connectivity index (χ2n) is 7.22. The molecule has 26 heavy (non-hydrogen) atoms. The normalized spacial score (nSPS) is 15.2. The Balaban J connectivity index is 1.68. The number of hydrogen-bond donors (Lipinski definition) is 1. The lowest BCUT2D eigenvalue weighted by Crippen LogP contribution is -2.37. The van der Waals surface area contributed by atoms with Gasteiger partial charge in [-0.05, 0) is 63.8 Å². The Bertz CT molecular complexity index is 813. The lowest BCUT2D eigenvalue weighted by atomic mass is 9.98. The second-order valence-corrected chi connectivity index (χ2v) is 7.22. The first-order valence-electron chi connectivity index (χ1n) is 9.14. The fourth-order valence-electron chi connectivity index (χ4n) is 3.41. The number of rotatable bonds is 3. The highest BCUT2D eigenvalue weighted by molar-refractivity contribution is 6.06. The van der Waals surface area contributed by atoms with Crippen molar-refractivity contribution >= 4 is 17.5 Å². The van der Waals surface area contributed by atoms with Gasteiger partial charge >= 0.3 is 0 Å². The molecular formula is C21H26N2O3. The number of nitrogens with one attached hydrogen (secondary N) is 1. The number of carbonyl (C=O) groups is 2. The molecule has 1 fully saturated rings. The summed E-state index contributed by atoms with van der Waals surface area (Å²) in [6.45, 7) is 9.37. The van der Waals surface area contributed by atoms with Crippen LogP contribution in [0.4, 0.5) is 5.69 Å². The van der Waals surface area contributed by atoms with Gasteiger partial charge in [-0.25, -0.2) is 0 Å². The molecule has 2 amide bonds. The van der Waals surface area contributed by atoms with Crippen molar-refractivity contribution in [3.63, 3.8) is 0 Å². The monoisotopic (exact) mass is 354 g/mol. The summed E-state index contributed by atoms with van der Waals surface area (Å²) in [5.41, 5.74) is 2.75.